The van der Waals surface area contributed by atoms with Gasteiger partial charge in [-0.25, -0.2) is 0 Å². The first-order chi connectivity index (χ1) is 6.66. The van der Waals surface area contributed by atoms with E-state index in [-0.39, 0.29) is 22.7 Å². The van der Waals surface area contributed by atoms with Gasteiger partial charge in [0.05, 0.1) is 17.6 Å². The zero-order valence-electron chi connectivity index (χ0n) is 7.37. The molecule has 6 heteroatoms. The molecule has 0 aromatic rings. The minimum absolute atomic E-state index is 0.203. The summed E-state index contributed by atoms with van der Waals surface area (Å²) in [5.74, 6) is -0.203. The van der Waals surface area contributed by atoms with Gasteiger partial charge in [-0.15, -0.1) is 0 Å². The molecular formula is C8H10BrIO4. The summed E-state index contributed by atoms with van der Waals surface area (Å²) in [5.41, 5.74) is 0. The first-order valence-corrected chi connectivity index (χ1v) is 6.66. The monoisotopic (exact) mass is 376 g/mol. The molecule has 0 N–H and O–H groups in total. The van der Waals surface area contributed by atoms with Crippen LogP contribution >= 0.6 is 38.5 Å². The van der Waals surface area contributed by atoms with Crippen molar-refractivity contribution in [3.63, 3.8) is 0 Å². The maximum absolute atomic E-state index is 11.2. The molecule has 0 bridgehead atoms. The van der Waals surface area contributed by atoms with Gasteiger partial charge in [0.25, 0.3) is 0 Å². The summed E-state index contributed by atoms with van der Waals surface area (Å²) in [6.07, 6.45) is 0.323. The molecule has 0 unspecified atom stereocenters. The smallest absolute Gasteiger partial charge is 0.316 e. The summed E-state index contributed by atoms with van der Waals surface area (Å²) in [5, 5.41) is 0. The van der Waals surface area contributed by atoms with Crippen LogP contribution in [0.15, 0.2) is 0 Å². The second kappa shape index (κ2) is 4.23. The highest BCUT2D eigenvalue weighted by atomic mass is 127. The van der Waals surface area contributed by atoms with Gasteiger partial charge in [0.1, 0.15) is 10.4 Å². The average Bonchev–Trinajstić information content (AvgIpc) is 2.65. The Morgan fingerprint density at radius 3 is 3.14 bits per heavy atom. The third kappa shape index (κ3) is 1.81. The van der Waals surface area contributed by atoms with Crippen molar-refractivity contribution < 1.29 is 19.0 Å². The first kappa shape index (κ1) is 11.1. The van der Waals surface area contributed by atoms with Gasteiger partial charge in [0.15, 0.2) is 6.29 Å². The van der Waals surface area contributed by atoms with E-state index in [0.717, 1.165) is 6.42 Å². The van der Waals surface area contributed by atoms with E-state index in [1.165, 1.54) is 0 Å². The van der Waals surface area contributed by atoms with E-state index in [1.807, 2.05) is 22.6 Å². The number of alkyl halides is 2. The molecule has 2 fully saturated rings. The van der Waals surface area contributed by atoms with E-state index in [2.05, 4.69) is 15.9 Å². The van der Waals surface area contributed by atoms with Crippen molar-refractivity contribution in [1.29, 1.82) is 0 Å². The molecule has 2 rings (SSSR count). The summed E-state index contributed by atoms with van der Waals surface area (Å²) < 4.78 is 16.1. The Hall–Kier alpha value is 0.600. The summed E-state index contributed by atoms with van der Waals surface area (Å²) >= 11 is 5.55. The van der Waals surface area contributed by atoms with Crippen molar-refractivity contribution >= 4 is 44.5 Å². The van der Waals surface area contributed by atoms with Crippen LogP contribution < -0.4 is 0 Å². The number of carbonyl (C=O) groups is 1. The van der Waals surface area contributed by atoms with Crippen LogP contribution in [0.4, 0.5) is 0 Å². The summed E-state index contributed by atoms with van der Waals surface area (Å²) in [6.45, 7) is 1.06. The fraction of sp³-hybridized carbons (Fsp3) is 0.875. The van der Waals surface area contributed by atoms with Gasteiger partial charge in [-0.1, -0.05) is 38.5 Å². The van der Waals surface area contributed by atoms with Crippen molar-refractivity contribution in [3.05, 3.63) is 0 Å². The largest absolute Gasteiger partial charge is 0.458 e. The summed E-state index contributed by atoms with van der Waals surface area (Å²) in [6, 6.07) is 0. The van der Waals surface area contributed by atoms with Crippen molar-refractivity contribution in [2.45, 2.75) is 23.1 Å². The maximum Gasteiger partial charge on any atom is 0.316 e. The Morgan fingerprint density at radius 1 is 1.64 bits per heavy atom. The Labute approximate surface area is 104 Å². The SMILES string of the molecule is O=C(CI)O[C@H]1CO[C@H]2OCC[C@]21Br. The molecule has 0 amide bonds. The topological polar surface area (TPSA) is 44.8 Å². The lowest BCUT2D eigenvalue weighted by Crippen LogP contribution is -2.40. The van der Waals surface area contributed by atoms with Crippen LogP contribution in [0, 0.1) is 0 Å². The Kier molecular flexibility index (Phi) is 3.35. The van der Waals surface area contributed by atoms with Crippen molar-refractivity contribution in [2.24, 2.45) is 0 Å². The highest BCUT2D eigenvalue weighted by molar-refractivity contribution is 14.1. The first-order valence-electron chi connectivity index (χ1n) is 4.34. The summed E-state index contributed by atoms with van der Waals surface area (Å²) in [4.78, 5) is 11.2. The van der Waals surface area contributed by atoms with Gasteiger partial charge in [-0.3, -0.25) is 4.79 Å². The predicted molar refractivity (Wildman–Crippen MR) is 60.7 cm³/mol. The van der Waals surface area contributed by atoms with Crippen LogP contribution in [0.2, 0.25) is 0 Å². The Bertz CT molecular complexity index is 249. The maximum atomic E-state index is 11.2. The number of hydrogen-bond acceptors (Lipinski definition) is 4. The van der Waals surface area contributed by atoms with Crippen LogP contribution in [0.25, 0.3) is 0 Å². The van der Waals surface area contributed by atoms with Crippen LogP contribution in [0.1, 0.15) is 6.42 Å². The normalized spacial score (nSPS) is 41.0. The predicted octanol–water partition coefficient (Wildman–Crippen LogP) is 1.24. The van der Waals surface area contributed by atoms with E-state index in [4.69, 9.17) is 14.2 Å². The Balaban J connectivity index is 2.03. The molecule has 3 atom stereocenters. The number of fused-ring (bicyclic) bond motifs is 1. The van der Waals surface area contributed by atoms with E-state index in [9.17, 15) is 4.79 Å². The molecule has 0 aromatic heterocycles. The van der Waals surface area contributed by atoms with Crippen molar-refractivity contribution in [2.75, 3.05) is 17.6 Å². The zero-order valence-corrected chi connectivity index (χ0v) is 11.1. The van der Waals surface area contributed by atoms with Gasteiger partial charge in [0, 0.05) is 0 Å². The molecule has 2 heterocycles. The Morgan fingerprint density at radius 2 is 2.43 bits per heavy atom. The van der Waals surface area contributed by atoms with Crippen LogP contribution in [0.5, 0.6) is 0 Å². The van der Waals surface area contributed by atoms with Crippen LogP contribution in [0.3, 0.4) is 0 Å². The number of halogens is 2. The third-order valence-corrected chi connectivity index (χ3v) is 4.37. The van der Waals surface area contributed by atoms with E-state index < -0.39 is 0 Å². The second-order valence-electron chi connectivity index (χ2n) is 3.32. The van der Waals surface area contributed by atoms with E-state index in [0.29, 0.717) is 17.6 Å². The van der Waals surface area contributed by atoms with Gasteiger partial charge in [-0.05, 0) is 6.42 Å². The quantitative estimate of drug-likeness (QED) is 0.413. The van der Waals surface area contributed by atoms with Gasteiger partial charge in [0.2, 0.25) is 0 Å². The van der Waals surface area contributed by atoms with E-state index >= 15 is 0 Å². The number of esters is 1. The molecule has 0 aliphatic carbocycles. The molecule has 2 saturated heterocycles. The molecule has 14 heavy (non-hydrogen) atoms. The van der Waals surface area contributed by atoms with E-state index in [1.54, 1.807) is 0 Å². The highest BCUT2D eigenvalue weighted by Gasteiger charge is 2.56. The standard InChI is InChI=1S/C8H10BrIO4/c9-8-1-2-12-7(8)13-4-5(8)14-6(11)3-10/h5,7H,1-4H2/t5-,7+,8+/m0/s1. The fourth-order valence-electron chi connectivity index (χ4n) is 1.71. The molecule has 4 nitrogen and oxygen atoms in total. The molecule has 0 radical (unpaired) electrons. The molecule has 0 aromatic carbocycles. The van der Waals surface area contributed by atoms with Gasteiger partial charge < -0.3 is 14.2 Å². The average molecular weight is 377 g/mol. The van der Waals surface area contributed by atoms with Crippen molar-refractivity contribution in [1.82, 2.24) is 0 Å². The number of ether oxygens (including phenoxy) is 3. The minimum Gasteiger partial charge on any atom is -0.458 e. The van der Waals surface area contributed by atoms with Gasteiger partial charge in [-0.2, -0.15) is 0 Å². The number of hydrogen-bond donors (Lipinski definition) is 0. The number of rotatable bonds is 2. The third-order valence-electron chi connectivity index (χ3n) is 2.46. The lowest BCUT2D eigenvalue weighted by molar-refractivity contribution is -0.146. The van der Waals surface area contributed by atoms with Crippen LogP contribution in [-0.4, -0.2) is 40.3 Å². The molecule has 80 valence electrons. The zero-order chi connectivity index (χ0) is 10.2. The minimum atomic E-state index is -0.325. The molecule has 2 aliphatic rings. The molecule has 2 aliphatic heterocycles. The lowest BCUT2D eigenvalue weighted by atomic mass is 10.0. The fourth-order valence-corrected chi connectivity index (χ4v) is 2.55. The lowest BCUT2D eigenvalue weighted by Gasteiger charge is -2.24. The molecule has 0 saturated carbocycles. The highest BCUT2D eigenvalue weighted by Crippen LogP contribution is 2.44. The van der Waals surface area contributed by atoms with Crippen molar-refractivity contribution in [3.8, 4) is 0 Å². The van der Waals surface area contributed by atoms with Crippen LogP contribution in [-0.2, 0) is 19.0 Å². The second-order valence-corrected chi connectivity index (χ2v) is 5.56. The van der Waals surface area contributed by atoms with Gasteiger partial charge >= 0.3 is 5.97 Å². The summed E-state index contributed by atoms with van der Waals surface area (Å²) in [7, 11) is 0. The molecular weight excluding hydrogens is 367 g/mol. The number of carbonyl (C=O) groups excluding carboxylic acids is 1. The molecule has 0 spiro atoms.